The summed E-state index contributed by atoms with van der Waals surface area (Å²) >= 11 is 0. The molecule has 0 heterocycles. The Kier molecular flexibility index (Phi) is 13.3. The smallest absolute Gasteiger partial charge is 0.303 e. The van der Waals surface area contributed by atoms with Crippen molar-refractivity contribution in [2.24, 2.45) is 11.8 Å². The molecule has 1 saturated carbocycles. The van der Waals surface area contributed by atoms with Crippen LogP contribution in [0.1, 0.15) is 72.6 Å². The lowest BCUT2D eigenvalue weighted by atomic mass is 9.89. The predicted molar refractivity (Wildman–Crippen MR) is 143 cm³/mol. The average molecular weight is 493 g/mol. The van der Waals surface area contributed by atoms with Crippen LogP contribution in [-0.4, -0.2) is 47.9 Å². The Bertz CT molecular complexity index is 717. The zero-order chi connectivity index (χ0) is 25.8. The van der Waals surface area contributed by atoms with Crippen molar-refractivity contribution < 1.29 is 24.5 Å². The maximum Gasteiger partial charge on any atom is 0.303 e. The van der Waals surface area contributed by atoms with Crippen molar-refractivity contribution in [2.45, 2.75) is 109 Å². The Balaban J connectivity index is 2.82. The number of carboxylic acid groups (broad SMARTS) is 1. The Hall–Kier alpha value is -1.47. The van der Waals surface area contributed by atoms with Crippen LogP contribution in [0.25, 0.3) is 0 Å². The second-order valence-electron chi connectivity index (χ2n) is 10.9. The molecule has 0 spiro atoms. The third-order valence-electron chi connectivity index (χ3n) is 7.03. The van der Waals surface area contributed by atoms with Crippen molar-refractivity contribution in [2.75, 3.05) is 0 Å². The van der Waals surface area contributed by atoms with Gasteiger partial charge in [-0.2, -0.15) is 0 Å². The Morgan fingerprint density at radius 1 is 1.06 bits per heavy atom. The van der Waals surface area contributed by atoms with Crippen LogP contribution in [0.4, 0.5) is 0 Å². The molecule has 0 aromatic carbocycles. The van der Waals surface area contributed by atoms with Crippen LogP contribution < -0.4 is 0 Å². The molecule has 0 amide bonds. The summed E-state index contributed by atoms with van der Waals surface area (Å²) in [5.41, 5.74) is 0. The quantitative estimate of drug-likeness (QED) is 0.193. The lowest BCUT2D eigenvalue weighted by Gasteiger charge is -2.38. The van der Waals surface area contributed by atoms with Gasteiger partial charge in [0.15, 0.2) is 8.32 Å². The first-order valence-corrected chi connectivity index (χ1v) is 15.7. The van der Waals surface area contributed by atoms with Crippen LogP contribution in [0, 0.1) is 11.8 Å². The lowest BCUT2D eigenvalue weighted by molar-refractivity contribution is -0.136. The minimum Gasteiger partial charge on any atom is -0.481 e. The topological polar surface area (TPSA) is 87.0 Å². The second kappa shape index (κ2) is 14.8. The fourth-order valence-electron chi connectivity index (χ4n) is 3.93. The van der Waals surface area contributed by atoms with Crippen LogP contribution in [0.5, 0.6) is 0 Å². The molecule has 3 N–H and O–H groups in total. The summed E-state index contributed by atoms with van der Waals surface area (Å²) in [6.45, 7) is 13.4. The third-order valence-corrected chi connectivity index (χ3v) is 11.5. The van der Waals surface area contributed by atoms with Gasteiger partial charge in [-0.05, 0) is 56.2 Å². The maximum atomic E-state index is 10.6. The van der Waals surface area contributed by atoms with Crippen molar-refractivity contribution in [3.63, 3.8) is 0 Å². The standard InChI is InChI=1S/C28H48O5Si/c1-7-8-13-16-22(33-34(5,6)28(2,3)4)19-20-24-23(25(29)21-26(24)30)17-14-11-9-10-12-15-18-27(31)32/h8,10-14,19-20,22-26,29-30H,7,9,15-18,21H2,1-6H3,(H,31,32)/b12-10-,13-8-,14-11-,20-19+/t22-,23+,24-,25-,26+/m0/s1. The monoisotopic (exact) mass is 492 g/mol. The van der Waals surface area contributed by atoms with Gasteiger partial charge < -0.3 is 19.7 Å². The van der Waals surface area contributed by atoms with E-state index in [2.05, 4.69) is 71.2 Å². The molecule has 34 heavy (non-hydrogen) atoms. The number of allylic oxidation sites excluding steroid dienone is 5. The number of hydrogen-bond donors (Lipinski definition) is 3. The van der Waals surface area contributed by atoms with Crippen molar-refractivity contribution in [1.82, 2.24) is 0 Å². The highest BCUT2D eigenvalue weighted by Gasteiger charge is 2.40. The van der Waals surface area contributed by atoms with Crippen molar-refractivity contribution in [3.8, 4) is 0 Å². The van der Waals surface area contributed by atoms with Crippen molar-refractivity contribution in [3.05, 3.63) is 48.6 Å². The zero-order valence-corrected chi connectivity index (χ0v) is 23.1. The van der Waals surface area contributed by atoms with E-state index in [4.69, 9.17) is 9.53 Å². The highest BCUT2D eigenvalue weighted by Crippen LogP contribution is 2.39. The summed E-state index contributed by atoms with van der Waals surface area (Å²) in [4.78, 5) is 10.5. The van der Waals surface area contributed by atoms with Crippen LogP contribution in [0.2, 0.25) is 18.1 Å². The first-order valence-electron chi connectivity index (χ1n) is 12.8. The van der Waals surface area contributed by atoms with Gasteiger partial charge in [0.1, 0.15) is 0 Å². The molecule has 1 aliphatic carbocycles. The third kappa shape index (κ3) is 10.9. The number of aliphatic hydroxyl groups is 2. The summed E-state index contributed by atoms with van der Waals surface area (Å²) in [5, 5.41) is 30.0. The summed E-state index contributed by atoms with van der Waals surface area (Å²) in [6.07, 6.45) is 19.6. The summed E-state index contributed by atoms with van der Waals surface area (Å²) in [5.74, 6) is -0.920. The van der Waals surface area contributed by atoms with Gasteiger partial charge >= 0.3 is 5.97 Å². The van der Waals surface area contributed by atoms with Crippen LogP contribution in [-0.2, 0) is 9.22 Å². The van der Waals surface area contributed by atoms with Gasteiger partial charge in [-0.25, -0.2) is 0 Å². The normalized spacial score (nSPS) is 25.4. The molecular formula is C28H48O5Si. The Labute approximate surface area is 208 Å². The highest BCUT2D eigenvalue weighted by atomic mass is 28.4. The van der Waals surface area contributed by atoms with Gasteiger partial charge in [0.2, 0.25) is 0 Å². The molecule has 6 heteroatoms. The number of aliphatic carboxylic acids is 1. The SMILES string of the molecule is CC/C=C\C[C@@H](/C=C/[C@H]1[C@@H](C/C=C\C/C=C\CCC(=O)O)[C@@H](O)C[C@H]1O)O[Si](C)(C)C(C)(C)C. The summed E-state index contributed by atoms with van der Waals surface area (Å²) in [6, 6.07) is 0. The number of aliphatic hydroxyl groups excluding tert-OH is 2. The maximum absolute atomic E-state index is 10.6. The van der Waals surface area contributed by atoms with E-state index < -0.39 is 26.5 Å². The minimum atomic E-state index is -1.95. The molecule has 0 unspecified atom stereocenters. The van der Waals surface area contributed by atoms with E-state index in [1.54, 1.807) is 0 Å². The first-order chi connectivity index (χ1) is 15.9. The molecule has 1 rings (SSSR count). The van der Waals surface area contributed by atoms with Gasteiger partial charge in [0.05, 0.1) is 18.3 Å². The number of carbonyl (C=O) groups is 1. The van der Waals surface area contributed by atoms with Crippen molar-refractivity contribution >= 4 is 14.3 Å². The van der Waals surface area contributed by atoms with Gasteiger partial charge in [-0.3, -0.25) is 4.79 Å². The Morgan fingerprint density at radius 2 is 1.74 bits per heavy atom. The molecular weight excluding hydrogens is 444 g/mol. The van der Waals surface area contributed by atoms with Gasteiger partial charge in [-0.15, -0.1) is 0 Å². The molecule has 0 saturated heterocycles. The van der Waals surface area contributed by atoms with Gasteiger partial charge in [0, 0.05) is 18.8 Å². The highest BCUT2D eigenvalue weighted by molar-refractivity contribution is 6.74. The largest absolute Gasteiger partial charge is 0.481 e. The minimum absolute atomic E-state index is 0.0294. The predicted octanol–water partition coefficient (Wildman–Crippen LogP) is 6.40. The van der Waals surface area contributed by atoms with E-state index in [9.17, 15) is 15.0 Å². The molecule has 1 aliphatic rings. The van der Waals surface area contributed by atoms with E-state index in [-0.39, 0.29) is 29.4 Å². The summed E-state index contributed by atoms with van der Waals surface area (Å²) < 4.78 is 6.66. The number of rotatable bonds is 14. The molecule has 194 valence electrons. The fraction of sp³-hybridized carbons (Fsp3) is 0.679. The molecule has 5 atom stereocenters. The van der Waals surface area contributed by atoms with E-state index in [1.165, 1.54) is 0 Å². The molecule has 0 aromatic heterocycles. The van der Waals surface area contributed by atoms with E-state index in [0.717, 1.165) is 19.3 Å². The lowest BCUT2D eigenvalue weighted by Crippen LogP contribution is -2.43. The molecule has 0 aliphatic heterocycles. The molecule has 0 bridgehead atoms. The van der Waals surface area contributed by atoms with E-state index in [1.807, 2.05) is 18.2 Å². The Morgan fingerprint density at radius 3 is 2.35 bits per heavy atom. The van der Waals surface area contributed by atoms with Crippen LogP contribution >= 0.6 is 0 Å². The zero-order valence-electron chi connectivity index (χ0n) is 22.1. The van der Waals surface area contributed by atoms with Crippen LogP contribution in [0.3, 0.4) is 0 Å². The van der Waals surface area contributed by atoms with Crippen LogP contribution in [0.15, 0.2) is 48.6 Å². The fourth-order valence-corrected chi connectivity index (χ4v) is 5.21. The summed E-state index contributed by atoms with van der Waals surface area (Å²) in [7, 11) is -1.95. The molecule has 0 radical (unpaired) electrons. The number of carboxylic acids is 1. The molecule has 1 fully saturated rings. The van der Waals surface area contributed by atoms with E-state index in [0.29, 0.717) is 19.3 Å². The van der Waals surface area contributed by atoms with Gasteiger partial charge in [0.25, 0.3) is 0 Å². The second-order valence-corrected chi connectivity index (χ2v) is 15.6. The molecule has 0 aromatic rings. The first kappa shape index (κ1) is 30.6. The van der Waals surface area contributed by atoms with E-state index >= 15 is 0 Å². The van der Waals surface area contributed by atoms with Gasteiger partial charge in [-0.1, -0.05) is 76.3 Å². The molecule has 5 nitrogen and oxygen atoms in total. The average Bonchev–Trinajstić information content (AvgIpc) is 2.99. The number of hydrogen-bond acceptors (Lipinski definition) is 4. The van der Waals surface area contributed by atoms with Crippen molar-refractivity contribution in [1.29, 1.82) is 0 Å².